The number of ether oxygens (including phenoxy) is 2. The van der Waals surface area contributed by atoms with E-state index in [1.165, 1.54) is 23.9 Å². The van der Waals surface area contributed by atoms with Crippen LogP contribution in [0, 0.1) is 12.8 Å². The number of nitrogens with one attached hydrogen (secondary N) is 1. The standard InChI is InChI=1S/C60H63ClN4O7/c1-40(2)55(64(5)58(69)53(37-42-21-9-6-10-22-42)63(4)59(70)71-39-49-47-27-15-13-25-45(47)46-26-14-16-28-48(46)49)56(67)62-52(57(68)65-35-19-8-20-36-65)38-54(66)72-60(43-23-11-7-12-24-43,44-33-31-41(3)32-34-44)50-29-17-18-30-51(50)61/h6-7,9-18,21-34,40,49,52-53,55H,8,19-20,35-39H2,1-5H3,(H,62,67)/t52-,53-,55-,60?/m0/s1. The minimum Gasteiger partial charge on any atom is -0.448 e. The number of hydrogen-bond donors (Lipinski definition) is 1. The van der Waals surface area contributed by atoms with Crippen molar-refractivity contribution in [3.8, 4) is 11.1 Å². The molecule has 12 heteroatoms. The van der Waals surface area contributed by atoms with Gasteiger partial charge in [0.1, 0.15) is 24.7 Å². The fourth-order valence-electron chi connectivity index (χ4n) is 10.4. The molecular weight excluding hydrogens is 924 g/mol. The van der Waals surface area contributed by atoms with E-state index in [9.17, 15) is 19.2 Å². The molecule has 0 bridgehead atoms. The minimum atomic E-state index is -1.55. The third kappa shape index (κ3) is 11.0. The predicted octanol–water partition coefficient (Wildman–Crippen LogP) is 10.3. The van der Waals surface area contributed by atoms with Crippen molar-refractivity contribution in [2.24, 2.45) is 5.92 Å². The molecule has 372 valence electrons. The molecule has 6 aromatic rings. The van der Waals surface area contributed by atoms with E-state index in [4.69, 9.17) is 21.1 Å². The lowest BCUT2D eigenvalue weighted by molar-refractivity contribution is -0.157. The molecule has 2 aliphatic rings. The van der Waals surface area contributed by atoms with Crippen LogP contribution in [-0.4, -0.2) is 96.4 Å². The number of carbonyl (C=O) groups excluding carboxylic acids is 5. The summed E-state index contributed by atoms with van der Waals surface area (Å²) in [5.41, 5.74) is 6.34. The first-order valence-corrected chi connectivity index (χ1v) is 25.2. The van der Waals surface area contributed by atoms with E-state index in [2.05, 4.69) is 17.4 Å². The zero-order chi connectivity index (χ0) is 50.9. The van der Waals surface area contributed by atoms with Crippen LogP contribution in [0.1, 0.15) is 84.4 Å². The van der Waals surface area contributed by atoms with Crippen molar-refractivity contribution < 1.29 is 33.4 Å². The molecule has 1 aliphatic carbocycles. The Kier molecular flexibility index (Phi) is 16.2. The molecule has 1 unspecified atom stereocenters. The lowest BCUT2D eigenvalue weighted by Gasteiger charge is -2.38. The summed E-state index contributed by atoms with van der Waals surface area (Å²) in [6.45, 7) is 6.58. The molecule has 4 amide bonds. The number of rotatable bonds is 17. The van der Waals surface area contributed by atoms with Crippen LogP contribution >= 0.6 is 11.6 Å². The second kappa shape index (κ2) is 22.9. The Morgan fingerprint density at radius 1 is 0.694 bits per heavy atom. The molecule has 0 radical (unpaired) electrons. The molecule has 0 spiro atoms. The Bertz CT molecular complexity index is 2830. The van der Waals surface area contributed by atoms with Gasteiger partial charge in [0.05, 0.1) is 6.42 Å². The lowest BCUT2D eigenvalue weighted by Crippen LogP contribution is -2.59. The second-order valence-electron chi connectivity index (χ2n) is 19.3. The number of carbonyl (C=O) groups is 5. The quantitative estimate of drug-likeness (QED) is 0.0713. The molecular formula is C60H63ClN4O7. The van der Waals surface area contributed by atoms with Gasteiger partial charge in [-0.05, 0) is 66.0 Å². The van der Waals surface area contributed by atoms with E-state index in [1.54, 1.807) is 17.0 Å². The summed E-state index contributed by atoms with van der Waals surface area (Å²) in [5.74, 6) is -2.99. The maximum atomic E-state index is 15.0. The number of halogens is 1. The fraction of sp³-hybridized carbons (Fsp3) is 0.317. The number of fused-ring (bicyclic) bond motifs is 3. The Hall–Kier alpha value is -7.24. The Morgan fingerprint density at radius 3 is 1.86 bits per heavy atom. The first kappa shape index (κ1) is 51.1. The van der Waals surface area contributed by atoms with Crippen molar-refractivity contribution >= 4 is 41.4 Å². The molecule has 1 heterocycles. The molecule has 11 nitrogen and oxygen atoms in total. The highest BCUT2D eigenvalue weighted by Gasteiger charge is 2.44. The monoisotopic (exact) mass is 986 g/mol. The van der Waals surface area contributed by atoms with Crippen molar-refractivity contribution in [3.63, 3.8) is 0 Å². The maximum Gasteiger partial charge on any atom is 0.410 e. The number of nitrogens with zero attached hydrogens (tertiary/aromatic N) is 3. The van der Waals surface area contributed by atoms with E-state index >= 15 is 4.79 Å². The molecule has 8 rings (SSSR count). The van der Waals surface area contributed by atoms with Crippen LogP contribution in [-0.2, 0) is 40.7 Å². The van der Waals surface area contributed by atoms with Crippen molar-refractivity contribution in [3.05, 3.63) is 202 Å². The molecule has 4 atom stereocenters. The summed E-state index contributed by atoms with van der Waals surface area (Å²) >= 11 is 6.98. The third-order valence-corrected chi connectivity index (χ3v) is 14.5. The number of piperidine rings is 1. The smallest absolute Gasteiger partial charge is 0.410 e. The van der Waals surface area contributed by atoms with Crippen LogP contribution < -0.4 is 5.32 Å². The van der Waals surface area contributed by atoms with Gasteiger partial charge in [0.25, 0.3) is 0 Å². The normalized spacial score (nSPS) is 15.2. The highest BCUT2D eigenvalue weighted by molar-refractivity contribution is 6.31. The van der Waals surface area contributed by atoms with Crippen LogP contribution in [0.4, 0.5) is 4.79 Å². The van der Waals surface area contributed by atoms with Crippen molar-refractivity contribution in [2.75, 3.05) is 33.8 Å². The zero-order valence-electron chi connectivity index (χ0n) is 41.6. The zero-order valence-corrected chi connectivity index (χ0v) is 42.4. The Balaban J connectivity index is 1.06. The molecule has 72 heavy (non-hydrogen) atoms. The Morgan fingerprint density at radius 2 is 1.25 bits per heavy atom. The van der Waals surface area contributed by atoms with Gasteiger partial charge in [-0.2, -0.15) is 0 Å². The minimum absolute atomic E-state index is 0.0566. The molecule has 6 aromatic carbocycles. The molecule has 1 fully saturated rings. The summed E-state index contributed by atoms with van der Waals surface area (Å²) in [7, 11) is 3.07. The average Bonchev–Trinajstić information content (AvgIpc) is 3.72. The number of likely N-dealkylation sites (tertiary alicyclic amines) is 1. The summed E-state index contributed by atoms with van der Waals surface area (Å²) in [5, 5.41) is 3.31. The summed E-state index contributed by atoms with van der Waals surface area (Å²) in [4.78, 5) is 77.9. The van der Waals surface area contributed by atoms with E-state index in [1.807, 2.05) is 154 Å². The van der Waals surface area contributed by atoms with Gasteiger partial charge in [0.15, 0.2) is 5.60 Å². The summed E-state index contributed by atoms with van der Waals surface area (Å²) in [6, 6.07) is 46.1. The van der Waals surface area contributed by atoms with Crippen LogP contribution in [0.2, 0.25) is 5.02 Å². The molecule has 1 N–H and O–H groups in total. The number of hydrogen-bond acceptors (Lipinski definition) is 7. The first-order valence-electron chi connectivity index (χ1n) is 24.9. The number of aryl methyl sites for hydroxylation is 1. The average molecular weight is 988 g/mol. The third-order valence-electron chi connectivity index (χ3n) is 14.1. The van der Waals surface area contributed by atoms with Crippen LogP contribution in [0.25, 0.3) is 11.1 Å². The maximum absolute atomic E-state index is 15.0. The Labute approximate surface area is 428 Å². The second-order valence-corrected chi connectivity index (χ2v) is 19.7. The van der Waals surface area contributed by atoms with Gasteiger partial charge in [-0.15, -0.1) is 0 Å². The van der Waals surface area contributed by atoms with Gasteiger partial charge in [-0.25, -0.2) is 4.79 Å². The first-order chi connectivity index (χ1) is 34.8. The number of likely N-dealkylation sites (N-methyl/N-ethyl adjacent to an activating group) is 2. The molecule has 0 aromatic heterocycles. The van der Waals surface area contributed by atoms with Crippen molar-refractivity contribution in [2.45, 2.75) is 82.5 Å². The van der Waals surface area contributed by atoms with Gasteiger partial charge >= 0.3 is 12.1 Å². The van der Waals surface area contributed by atoms with Crippen LogP contribution in [0.3, 0.4) is 0 Å². The summed E-state index contributed by atoms with van der Waals surface area (Å²) in [6.07, 6.45) is 1.43. The van der Waals surface area contributed by atoms with E-state index in [-0.39, 0.29) is 18.9 Å². The van der Waals surface area contributed by atoms with E-state index in [0.717, 1.165) is 52.6 Å². The topological polar surface area (TPSA) is 126 Å². The highest BCUT2D eigenvalue weighted by Crippen LogP contribution is 2.46. The van der Waals surface area contributed by atoms with E-state index < -0.39 is 65.8 Å². The van der Waals surface area contributed by atoms with Crippen LogP contribution in [0.15, 0.2) is 158 Å². The lowest BCUT2D eigenvalue weighted by atomic mass is 9.79. The predicted molar refractivity (Wildman–Crippen MR) is 280 cm³/mol. The van der Waals surface area contributed by atoms with Gasteiger partial charge in [0.2, 0.25) is 17.7 Å². The largest absolute Gasteiger partial charge is 0.448 e. The molecule has 1 saturated heterocycles. The van der Waals surface area contributed by atoms with Gasteiger partial charge in [-0.1, -0.05) is 183 Å². The van der Waals surface area contributed by atoms with Gasteiger partial charge < -0.3 is 24.6 Å². The molecule has 1 aliphatic heterocycles. The SMILES string of the molecule is Cc1ccc(C(OC(=O)C[C@H](NC(=O)[C@H](C(C)C)N(C)C(=O)[C@H](Cc2ccccc2)N(C)C(=O)OCC2c3ccccc3-c3ccccc32)C(=O)N2CCCCC2)(c2ccccc2)c2ccccc2Cl)cc1. The van der Waals surface area contributed by atoms with Crippen LogP contribution in [0.5, 0.6) is 0 Å². The fourth-order valence-corrected chi connectivity index (χ4v) is 10.6. The van der Waals surface area contributed by atoms with Gasteiger partial charge in [0, 0.05) is 61.2 Å². The summed E-state index contributed by atoms with van der Waals surface area (Å²) < 4.78 is 12.8. The number of esters is 1. The highest BCUT2D eigenvalue weighted by atomic mass is 35.5. The van der Waals surface area contributed by atoms with E-state index in [0.29, 0.717) is 34.8 Å². The number of benzene rings is 6. The van der Waals surface area contributed by atoms with Crippen molar-refractivity contribution in [1.82, 2.24) is 20.0 Å². The van der Waals surface area contributed by atoms with Crippen molar-refractivity contribution in [1.29, 1.82) is 0 Å². The number of amides is 4. The van der Waals surface area contributed by atoms with Gasteiger partial charge in [-0.3, -0.25) is 24.1 Å². The molecule has 0 saturated carbocycles.